The molecule has 0 amide bonds. The van der Waals surface area contributed by atoms with Crippen LogP contribution in [-0.4, -0.2) is 37.6 Å². The van der Waals surface area contributed by atoms with Gasteiger partial charge in [-0.2, -0.15) is 0 Å². The van der Waals surface area contributed by atoms with E-state index >= 15 is 0 Å². The minimum absolute atomic E-state index is 0.0183. The number of aromatic nitrogens is 2. The highest BCUT2D eigenvalue weighted by molar-refractivity contribution is 7.89. The highest BCUT2D eigenvalue weighted by Crippen LogP contribution is 2.14. The van der Waals surface area contributed by atoms with E-state index in [2.05, 4.69) is 20.0 Å². The van der Waals surface area contributed by atoms with Gasteiger partial charge in [-0.1, -0.05) is 12.1 Å². The first-order valence-electron chi connectivity index (χ1n) is 7.83. The average Bonchev–Trinajstić information content (AvgIpc) is 3.13. The second kappa shape index (κ2) is 7.69. The summed E-state index contributed by atoms with van der Waals surface area (Å²) in [5, 5.41) is 3.13. The molecule has 7 nitrogen and oxygen atoms in total. The zero-order valence-electron chi connectivity index (χ0n) is 13.2. The Morgan fingerprint density at radius 1 is 1.21 bits per heavy atom. The molecule has 1 aliphatic rings. The van der Waals surface area contributed by atoms with E-state index in [4.69, 9.17) is 4.74 Å². The van der Waals surface area contributed by atoms with Crippen molar-refractivity contribution in [2.45, 2.75) is 30.4 Å². The van der Waals surface area contributed by atoms with E-state index in [9.17, 15) is 8.42 Å². The molecule has 0 spiro atoms. The average molecular weight is 348 g/mol. The van der Waals surface area contributed by atoms with E-state index < -0.39 is 10.0 Å². The Balaban J connectivity index is 1.56. The van der Waals surface area contributed by atoms with Crippen LogP contribution in [0.15, 0.2) is 47.8 Å². The van der Waals surface area contributed by atoms with Crippen LogP contribution < -0.4 is 10.0 Å². The molecule has 24 heavy (non-hydrogen) atoms. The van der Waals surface area contributed by atoms with E-state index in [0.29, 0.717) is 25.5 Å². The summed E-state index contributed by atoms with van der Waals surface area (Å²) in [5.41, 5.74) is 0.957. The highest BCUT2D eigenvalue weighted by Gasteiger charge is 2.20. The van der Waals surface area contributed by atoms with Crippen LogP contribution in [0.2, 0.25) is 0 Å². The van der Waals surface area contributed by atoms with Crippen molar-refractivity contribution in [1.82, 2.24) is 14.7 Å². The summed E-state index contributed by atoms with van der Waals surface area (Å²) >= 11 is 0. The molecule has 0 saturated carbocycles. The van der Waals surface area contributed by atoms with Crippen LogP contribution in [-0.2, 0) is 21.3 Å². The Morgan fingerprint density at radius 3 is 2.71 bits per heavy atom. The lowest BCUT2D eigenvalue weighted by Crippen LogP contribution is -2.31. The predicted octanol–water partition coefficient (Wildman–Crippen LogP) is 1.55. The molecule has 0 aliphatic carbocycles. The van der Waals surface area contributed by atoms with Crippen LogP contribution in [0.4, 0.5) is 5.82 Å². The monoisotopic (exact) mass is 348 g/mol. The number of ether oxygens (including phenoxy) is 1. The van der Waals surface area contributed by atoms with Crippen molar-refractivity contribution in [3.63, 3.8) is 0 Å². The summed E-state index contributed by atoms with van der Waals surface area (Å²) in [5.74, 6) is 0.674. The predicted molar refractivity (Wildman–Crippen MR) is 90.0 cm³/mol. The molecule has 1 saturated heterocycles. The molecule has 0 radical (unpaired) electrons. The molecule has 3 rings (SSSR count). The second-order valence-electron chi connectivity index (χ2n) is 5.58. The number of rotatable bonds is 7. The van der Waals surface area contributed by atoms with Crippen LogP contribution in [0, 0.1) is 0 Å². The van der Waals surface area contributed by atoms with Crippen molar-refractivity contribution in [3.8, 4) is 0 Å². The molecule has 2 aromatic rings. The number of hydrogen-bond acceptors (Lipinski definition) is 6. The first kappa shape index (κ1) is 16.8. The molecule has 1 aromatic carbocycles. The summed E-state index contributed by atoms with van der Waals surface area (Å²) in [7, 11) is -3.50. The number of hydrogen-bond donors (Lipinski definition) is 2. The Bertz CT molecular complexity index is 745. The van der Waals surface area contributed by atoms with Gasteiger partial charge in [-0.05, 0) is 30.5 Å². The standard InChI is InChI=1S/C16H20N4O3S/c21-24(22,20-11-14-2-1-9-23-14)15-5-3-13(4-6-15)10-19-16-12-17-7-8-18-16/h3-8,12,14,20H,1-2,9-11H2,(H,18,19)/t14-/m1/s1. The maximum atomic E-state index is 12.3. The fourth-order valence-electron chi connectivity index (χ4n) is 2.46. The van der Waals surface area contributed by atoms with E-state index in [-0.39, 0.29) is 11.0 Å². The Hall–Kier alpha value is -2.03. The van der Waals surface area contributed by atoms with Gasteiger partial charge in [-0.25, -0.2) is 18.1 Å². The first-order valence-corrected chi connectivity index (χ1v) is 9.32. The Morgan fingerprint density at radius 2 is 2.04 bits per heavy atom. The molecular weight excluding hydrogens is 328 g/mol. The van der Waals surface area contributed by atoms with Crippen LogP contribution >= 0.6 is 0 Å². The molecule has 1 atom stereocenters. The first-order chi connectivity index (χ1) is 11.6. The normalized spacial score (nSPS) is 17.8. The third-order valence-corrected chi connectivity index (χ3v) is 5.23. The number of nitrogens with one attached hydrogen (secondary N) is 2. The molecule has 0 bridgehead atoms. The van der Waals surface area contributed by atoms with Crippen molar-refractivity contribution in [1.29, 1.82) is 0 Å². The summed E-state index contributed by atoms with van der Waals surface area (Å²) < 4.78 is 32.6. The van der Waals surface area contributed by atoms with Crippen LogP contribution in [0.3, 0.4) is 0 Å². The minimum Gasteiger partial charge on any atom is -0.377 e. The van der Waals surface area contributed by atoms with Gasteiger partial charge in [0.25, 0.3) is 0 Å². The smallest absolute Gasteiger partial charge is 0.240 e. The maximum absolute atomic E-state index is 12.3. The van der Waals surface area contributed by atoms with Crippen molar-refractivity contribution < 1.29 is 13.2 Å². The molecule has 1 aliphatic heterocycles. The maximum Gasteiger partial charge on any atom is 0.240 e. The van der Waals surface area contributed by atoms with Gasteiger partial charge in [0, 0.05) is 32.1 Å². The third kappa shape index (κ3) is 4.50. The van der Waals surface area contributed by atoms with Crippen LogP contribution in [0.5, 0.6) is 0 Å². The summed E-state index contributed by atoms with van der Waals surface area (Å²) in [6, 6.07) is 6.77. The van der Waals surface area contributed by atoms with Gasteiger partial charge in [0.15, 0.2) is 0 Å². The lowest BCUT2D eigenvalue weighted by molar-refractivity contribution is 0.114. The summed E-state index contributed by atoms with van der Waals surface area (Å²) in [6.45, 7) is 1.57. The SMILES string of the molecule is O=S(=O)(NC[C@H]1CCCO1)c1ccc(CNc2cnccn2)cc1. The molecule has 8 heteroatoms. The number of anilines is 1. The second-order valence-corrected chi connectivity index (χ2v) is 7.34. The fraction of sp³-hybridized carbons (Fsp3) is 0.375. The van der Waals surface area contributed by atoms with Crippen molar-refractivity contribution in [2.24, 2.45) is 0 Å². The summed E-state index contributed by atoms with van der Waals surface area (Å²) in [6.07, 6.45) is 6.71. The van der Waals surface area contributed by atoms with Gasteiger partial charge < -0.3 is 10.1 Å². The van der Waals surface area contributed by atoms with E-state index in [1.807, 2.05) is 0 Å². The highest BCUT2D eigenvalue weighted by atomic mass is 32.2. The lowest BCUT2D eigenvalue weighted by atomic mass is 10.2. The minimum atomic E-state index is -3.50. The van der Waals surface area contributed by atoms with E-state index in [0.717, 1.165) is 18.4 Å². The Labute approximate surface area is 141 Å². The quantitative estimate of drug-likeness (QED) is 0.788. The topological polar surface area (TPSA) is 93.2 Å². The van der Waals surface area contributed by atoms with Gasteiger partial charge in [0.05, 0.1) is 17.2 Å². The van der Waals surface area contributed by atoms with Gasteiger partial charge >= 0.3 is 0 Å². The molecule has 1 fully saturated rings. The van der Waals surface area contributed by atoms with Crippen molar-refractivity contribution in [3.05, 3.63) is 48.4 Å². The lowest BCUT2D eigenvalue weighted by Gasteiger charge is -2.12. The van der Waals surface area contributed by atoms with Gasteiger partial charge in [0.1, 0.15) is 5.82 Å². The largest absolute Gasteiger partial charge is 0.377 e. The molecule has 0 unspecified atom stereocenters. The Kier molecular flexibility index (Phi) is 5.39. The molecule has 2 heterocycles. The van der Waals surface area contributed by atoms with Gasteiger partial charge in [0.2, 0.25) is 10.0 Å². The molecule has 128 valence electrons. The number of sulfonamides is 1. The molecular formula is C16H20N4O3S. The van der Waals surface area contributed by atoms with E-state index in [1.54, 1.807) is 42.9 Å². The van der Waals surface area contributed by atoms with E-state index in [1.165, 1.54) is 0 Å². The van der Waals surface area contributed by atoms with Crippen molar-refractivity contribution >= 4 is 15.8 Å². The summed E-state index contributed by atoms with van der Waals surface area (Å²) in [4.78, 5) is 8.35. The number of benzene rings is 1. The van der Waals surface area contributed by atoms with Gasteiger partial charge in [-0.3, -0.25) is 4.98 Å². The molecule has 1 aromatic heterocycles. The zero-order chi connectivity index (χ0) is 16.8. The zero-order valence-corrected chi connectivity index (χ0v) is 14.0. The van der Waals surface area contributed by atoms with Crippen LogP contribution in [0.25, 0.3) is 0 Å². The van der Waals surface area contributed by atoms with Crippen molar-refractivity contribution in [2.75, 3.05) is 18.5 Å². The van der Waals surface area contributed by atoms with Gasteiger partial charge in [-0.15, -0.1) is 0 Å². The fourth-order valence-corrected chi connectivity index (χ4v) is 3.53. The third-order valence-electron chi connectivity index (χ3n) is 3.80. The molecule has 2 N–H and O–H groups in total. The number of nitrogens with zero attached hydrogens (tertiary/aromatic N) is 2. The van der Waals surface area contributed by atoms with Crippen LogP contribution in [0.1, 0.15) is 18.4 Å².